The molecule has 2 aromatic rings. The van der Waals surface area contributed by atoms with Crippen molar-refractivity contribution in [2.45, 2.75) is 64.0 Å². The molecule has 1 aromatic carbocycles. The Morgan fingerprint density at radius 2 is 1.74 bits per heavy atom. The third-order valence-electron chi connectivity index (χ3n) is 4.94. The number of rotatable bonds is 2. The lowest BCUT2D eigenvalue weighted by atomic mass is 9.87. The fourth-order valence-electron chi connectivity index (χ4n) is 3.20. The molecule has 5 heteroatoms. The summed E-state index contributed by atoms with van der Waals surface area (Å²) >= 11 is 0. The standard InChI is InChI=1S/C22H28N4O/c1-22(2,3)17-8-5-15(6-9-17)4-7-16-14-24-21(23)26-20(16)25-18-10-12-19(27)13-11-18/h5-6,8-9,14,18-19,27H,10-13H2,1-3H3,(H3,23,24,25,26)/t18-,19-. The molecule has 3 rings (SSSR count). The number of hydrogen-bond donors (Lipinski definition) is 3. The van der Waals surface area contributed by atoms with Gasteiger partial charge in [0.2, 0.25) is 5.95 Å². The van der Waals surface area contributed by atoms with E-state index in [4.69, 9.17) is 5.73 Å². The van der Waals surface area contributed by atoms with E-state index < -0.39 is 0 Å². The van der Waals surface area contributed by atoms with E-state index in [1.165, 1.54) is 5.56 Å². The highest BCUT2D eigenvalue weighted by molar-refractivity contribution is 5.57. The van der Waals surface area contributed by atoms with E-state index in [0.717, 1.165) is 36.8 Å². The van der Waals surface area contributed by atoms with Crippen molar-refractivity contribution in [2.24, 2.45) is 0 Å². The Morgan fingerprint density at radius 1 is 1.07 bits per heavy atom. The Morgan fingerprint density at radius 3 is 2.37 bits per heavy atom. The van der Waals surface area contributed by atoms with Crippen LogP contribution in [-0.2, 0) is 5.41 Å². The number of aliphatic hydroxyl groups is 1. The topological polar surface area (TPSA) is 84.1 Å². The van der Waals surface area contributed by atoms with Gasteiger partial charge in [0.05, 0.1) is 17.9 Å². The van der Waals surface area contributed by atoms with Gasteiger partial charge >= 0.3 is 0 Å². The van der Waals surface area contributed by atoms with Crippen LogP contribution in [-0.4, -0.2) is 27.2 Å². The molecule has 0 saturated heterocycles. The highest BCUT2D eigenvalue weighted by atomic mass is 16.3. The number of nitrogens with one attached hydrogen (secondary N) is 1. The smallest absolute Gasteiger partial charge is 0.222 e. The van der Waals surface area contributed by atoms with Gasteiger partial charge in [-0.1, -0.05) is 44.7 Å². The molecule has 27 heavy (non-hydrogen) atoms. The molecule has 0 unspecified atom stereocenters. The average Bonchev–Trinajstić information content (AvgIpc) is 2.63. The molecule has 0 bridgehead atoms. The molecular formula is C22H28N4O. The predicted octanol–water partition coefficient (Wildman–Crippen LogP) is 3.47. The van der Waals surface area contributed by atoms with Crippen molar-refractivity contribution in [3.8, 4) is 11.8 Å². The average molecular weight is 364 g/mol. The van der Waals surface area contributed by atoms with Gasteiger partial charge in [0.15, 0.2) is 0 Å². The minimum atomic E-state index is -0.186. The maximum absolute atomic E-state index is 9.68. The molecular weight excluding hydrogens is 336 g/mol. The molecule has 4 N–H and O–H groups in total. The minimum absolute atomic E-state index is 0.126. The second-order valence-corrected chi connectivity index (χ2v) is 8.22. The molecule has 1 heterocycles. The van der Waals surface area contributed by atoms with E-state index in [-0.39, 0.29) is 23.5 Å². The number of nitrogens with zero attached hydrogens (tertiary/aromatic N) is 2. The van der Waals surface area contributed by atoms with E-state index in [2.05, 4.69) is 60.0 Å². The number of nitrogen functional groups attached to an aromatic ring is 1. The maximum Gasteiger partial charge on any atom is 0.222 e. The Labute approximate surface area is 161 Å². The Hall–Kier alpha value is -2.58. The van der Waals surface area contributed by atoms with Gasteiger partial charge in [0.25, 0.3) is 0 Å². The van der Waals surface area contributed by atoms with Gasteiger partial charge in [-0.25, -0.2) is 4.98 Å². The Kier molecular flexibility index (Phi) is 5.67. The van der Waals surface area contributed by atoms with Crippen LogP contribution in [0, 0.1) is 11.8 Å². The summed E-state index contributed by atoms with van der Waals surface area (Å²) in [5.41, 5.74) is 8.86. The monoisotopic (exact) mass is 364 g/mol. The van der Waals surface area contributed by atoms with Crippen molar-refractivity contribution in [3.05, 3.63) is 47.2 Å². The van der Waals surface area contributed by atoms with E-state index in [0.29, 0.717) is 5.82 Å². The Balaban J connectivity index is 1.78. The molecule has 0 spiro atoms. The number of aromatic nitrogens is 2. The summed E-state index contributed by atoms with van der Waals surface area (Å²) in [5, 5.41) is 13.1. The molecule has 1 fully saturated rings. The summed E-state index contributed by atoms with van der Waals surface area (Å²) in [5.74, 6) is 7.26. The largest absolute Gasteiger partial charge is 0.393 e. The summed E-state index contributed by atoms with van der Waals surface area (Å²) in [6, 6.07) is 8.60. The van der Waals surface area contributed by atoms with Gasteiger partial charge < -0.3 is 16.2 Å². The molecule has 0 aliphatic heterocycles. The van der Waals surface area contributed by atoms with E-state index >= 15 is 0 Å². The van der Waals surface area contributed by atoms with E-state index in [1.54, 1.807) is 6.20 Å². The van der Waals surface area contributed by atoms with E-state index in [9.17, 15) is 5.11 Å². The summed E-state index contributed by atoms with van der Waals surface area (Å²) < 4.78 is 0. The van der Waals surface area contributed by atoms with Crippen molar-refractivity contribution in [1.82, 2.24) is 9.97 Å². The van der Waals surface area contributed by atoms with Crippen LogP contribution in [0.25, 0.3) is 0 Å². The maximum atomic E-state index is 9.68. The number of anilines is 2. The van der Waals surface area contributed by atoms with Crippen molar-refractivity contribution in [2.75, 3.05) is 11.1 Å². The van der Waals surface area contributed by atoms with Gasteiger partial charge in [0, 0.05) is 11.6 Å². The SMILES string of the molecule is CC(C)(C)c1ccc(C#Cc2cnc(N)nc2N[C@H]2CC[C@H](O)CC2)cc1. The van der Waals surface area contributed by atoms with Crippen LogP contribution < -0.4 is 11.1 Å². The zero-order valence-corrected chi connectivity index (χ0v) is 16.3. The number of hydrogen-bond acceptors (Lipinski definition) is 5. The first-order valence-electron chi connectivity index (χ1n) is 9.51. The van der Waals surface area contributed by atoms with Crippen LogP contribution in [0.5, 0.6) is 0 Å². The minimum Gasteiger partial charge on any atom is -0.393 e. The fraction of sp³-hybridized carbons (Fsp3) is 0.455. The third kappa shape index (κ3) is 5.21. The first kappa shape index (κ1) is 19.2. The molecule has 0 atom stereocenters. The molecule has 1 saturated carbocycles. The van der Waals surface area contributed by atoms with Crippen LogP contribution >= 0.6 is 0 Å². The number of benzene rings is 1. The van der Waals surface area contributed by atoms with Gasteiger partial charge in [0.1, 0.15) is 5.82 Å². The van der Waals surface area contributed by atoms with Crippen LogP contribution in [0.3, 0.4) is 0 Å². The fourth-order valence-corrected chi connectivity index (χ4v) is 3.20. The molecule has 1 aliphatic carbocycles. The second kappa shape index (κ2) is 7.98. The van der Waals surface area contributed by atoms with Crippen LogP contribution in [0.4, 0.5) is 11.8 Å². The first-order chi connectivity index (χ1) is 12.8. The first-order valence-corrected chi connectivity index (χ1v) is 9.51. The summed E-state index contributed by atoms with van der Waals surface area (Å²) in [6.07, 6.45) is 4.91. The van der Waals surface area contributed by atoms with Crippen LogP contribution in [0.1, 0.15) is 63.1 Å². The predicted molar refractivity (Wildman–Crippen MR) is 109 cm³/mol. The highest BCUT2D eigenvalue weighted by Gasteiger charge is 2.20. The third-order valence-corrected chi connectivity index (χ3v) is 4.94. The lowest BCUT2D eigenvalue weighted by Gasteiger charge is -2.26. The van der Waals surface area contributed by atoms with Crippen molar-refractivity contribution >= 4 is 11.8 Å². The molecule has 1 aromatic heterocycles. The van der Waals surface area contributed by atoms with Crippen molar-refractivity contribution < 1.29 is 5.11 Å². The molecule has 1 aliphatic rings. The molecule has 0 amide bonds. The lowest BCUT2D eigenvalue weighted by molar-refractivity contribution is 0.126. The number of nitrogens with two attached hydrogens (primary N) is 1. The van der Waals surface area contributed by atoms with Crippen molar-refractivity contribution in [3.63, 3.8) is 0 Å². The molecule has 5 nitrogen and oxygen atoms in total. The second-order valence-electron chi connectivity index (χ2n) is 8.22. The lowest BCUT2D eigenvalue weighted by Crippen LogP contribution is -2.29. The zero-order chi connectivity index (χ0) is 19.4. The molecule has 142 valence electrons. The van der Waals surface area contributed by atoms with Crippen LogP contribution in [0.2, 0.25) is 0 Å². The normalized spacial score (nSPS) is 19.9. The van der Waals surface area contributed by atoms with E-state index in [1.807, 2.05) is 12.1 Å². The molecule has 0 radical (unpaired) electrons. The summed E-state index contributed by atoms with van der Waals surface area (Å²) in [7, 11) is 0. The van der Waals surface area contributed by atoms with Gasteiger partial charge in [-0.15, -0.1) is 0 Å². The summed E-state index contributed by atoms with van der Waals surface area (Å²) in [6.45, 7) is 6.59. The quantitative estimate of drug-likeness (QED) is 0.711. The van der Waals surface area contributed by atoms with Crippen molar-refractivity contribution in [1.29, 1.82) is 0 Å². The van der Waals surface area contributed by atoms with Gasteiger partial charge in [-0.2, -0.15) is 4.98 Å². The number of aliphatic hydroxyl groups excluding tert-OH is 1. The van der Waals surface area contributed by atoms with Gasteiger partial charge in [-0.05, 0) is 48.8 Å². The summed E-state index contributed by atoms with van der Waals surface area (Å²) in [4.78, 5) is 8.42. The van der Waals surface area contributed by atoms with Crippen LogP contribution in [0.15, 0.2) is 30.5 Å². The highest BCUT2D eigenvalue weighted by Crippen LogP contribution is 2.24. The Bertz CT molecular complexity index is 835. The van der Waals surface area contributed by atoms with Gasteiger partial charge in [-0.3, -0.25) is 0 Å². The zero-order valence-electron chi connectivity index (χ0n) is 16.3.